The highest BCUT2D eigenvalue weighted by Crippen LogP contribution is 2.42. The summed E-state index contributed by atoms with van der Waals surface area (Å²) in [4.78, 5) is 29.7. The molecule has 0 saturated carbocycles. The number of aryl methyl sites for hydroxylation is 1. The summed E-state index contributed by atoms with van der Waals surface area (Å²) in [6.45, 7) is 6.84. The molecule has 0 unspecified atom stereocenters. The van der Waals surface area contributed by atoms with Gasteiger partial charge in [-0.05, 0) is 66.8 Å². The number of ether oxygens (including phenoxy) is 1. The van der Waals surface area contributed by atoms with Crippen LogP contribution in [0.15, 0.2) is 82.6 Å². The monoisotopic (exact) mass is 514 g/mol. The van der Waals surface area contributed by atoms with E-state index in [1.807, 2.05) is 73.7 Å². The molecule has 37 heavy (non-hydrogen) atoms. The molecule has 1 atom stereocenters. The predicted octanol–water partition coefficient (Wildman–Crippen LogP) is 6.79. The highest BCUT2D eigenvalue weighted by Gasteiger charge is 2.30. The van der Waals surface area contributed by atoms with E-state index in [0.717, 1.165) is 46.7 Å². The van der Waals surface area contributed by atoms with Gasteiger partial charge in [0.2, 0.25) is 5.91 Å². The number of para-hydroxylation sites is 1. The van der Waals surface area contributed by atoms with Gasteiger partial charge in [0.25, 0.3) is 5.91 Å². The summed E-state index contributed by atoms with van der Waals surface area (Å²) in [5.41, 5.74) is 3.95. The van der Waals surface area contributed by atoms with Gasteiger partial charge in [-0.3, -0.25) is 14.5 Å². The zero-order chi connectivity index (χ0) is 26.2. The number of carbonyl (C=O) groups is 2. The maximum absolute atomic E-state index is 13.5. The van der Waals surface area contributed by atoms with E-state index in [1.165, 1.54) is 17.3 Å². The predicted molar refractivity (Wildman–Crippen MR) is 152 cm³/mol. The van der Waals surface area contributed by atoms with E-state index in [0.29, 0.717) is 11.5 Å². The highest BCUT2D eigenvalue weighted by atomic mass is 32.2. The average molecular weight is 515 g/mol. The fourth-order valence-corrected chi connectivity index (χ4v) is 5.18. The van der Waals surface area contributed by atoms with Crippen LogP contribution in [-0.2, 0) is 16.0 Å². The molecule has 6 heteroatoms. The van der Waals surface area contributed by atoms with Crippen LogP contribution >= 0.6 is 11.8 Å². The second kappa shape index (κ2) is 12.6. The van der Waals surface area contributed by atoms with E-state index in [4.69, 9.17) is 4.74 Å². The normalized spacial score (nSPS) is 14.8. The molecule has 1 aliphatic heterocycles. The van der Waals surface area contributed by atoms with E-state index < -0.39 is 0 Å². The van der Waals surface area contributed by atoms with Gasteiger partial charge in [0.05, 0.1) is 23.2 Å². The molecule has 0 aliphatic carbocycles. The lowest BCUT2D eigenvalue weighted by molar-refractivity contribution is -0.122. The SMILES string of the molecule is CCCCOc1ccc([C@H](C)NC(=O)CN2C(=O)/C(=C/c3ccc(CC)cc3)Sc3ccccc32)cc1. The zero-order valence-electron chi connectivity index (χ0n) is 21.7. The molecule has 0 radical (unpaired) electrons. The molecule has 3 aromatic carbocycles. The number of nitrogens with zero attached hydrogens (tertiary/aromatic N) is 1. The lowest BCUT2D eigenvalue weighted by Gasteiger charge is -2.30. The van der Waals surface area contributed by atoms with Crippen LogP contribution in [0.5, 0.6) is 5.75 Å². The molecule has 1 aliphatic rings. The molecule has 1 heterocycles. The second-order valence-electron chi connectivity index (χ2n) is 9.13. The van der Waals surface area contributed by atoms with E-state index in [2.05, 4.69) is 31.3 Å². The minimum atomic E-state index is -0.211. The molecule has 1 N–H and O–H groups in total. The Morgan fingerprint density at radius 3 is 2.46 bits per heavy atom. The number of rotatable bonds is 10. The molecule has 0 aromatic heterocycles. The van der Waals surface area contributed by atoms with Gasteiger partial charge in [-0.15, -0.1) is 0 Å². The van der Waals surface area contributed by atoms with Crippen LogP contribution in [0.1, 0.15) is 56.3 Å². The van der Waals surface area contributed by atoms with Gasteiger partial charge in [0, 0.05) is 4.90 Å². The Morgan fingerprint density at radius 1 is 1.03 bits per heavy atom. The molecular weight excluding hydrogens is 480 g/mol. The minimum Gasteiger partial charge on any atom is -0.494 e. The second-order valence-corrected chi connectivity index (χ2v) is 10.2. The van der Waals surface area contributed by atoms with Crippen LogP contribution < -0.4 is 15.0 Å². The first kappa shape index (κ1) is 26.6. The van der Waals surface area contributed by atoms with Crippen LogP contribution in [0.4, 0.5) is 5.69 Å². The quantitative estimate of drug-likeness (QED) is 0.239. The van der Waals surface area contributed by atoms with E-state index in [9.17, 15) is 9.59 Å². The number of nitrogens with one attached hydrogen (secondary N) is 1. The van der Waals surface area contributed by atoms with Crippen molar-refractivity contribution in [1.82, 2.24) is 5.32 Å². The van der Waals surface area contributed by atoms with Crippen LogP contribution in [0, 0.1) is 0 Å². The van der Waals surface area contributed by atoms with Crippen molar-refractivity contribution in [3.8, 4) is 5.75 Å². The van der Waals surface area contributed by atoms with Crippen LogP contribution in [0.3, 0.4) is 0 Å². The average Bonchev–Trinajstić information content (AvgIpc) is 2.92. The van der Waals surface area contributed by atoms with E-state index in [1.54, 1.807) is 4.90 Å². The van der Waals surface area contributed by atoms with Crippen molar-refractivity contribution in [2.24, 2.45) is 0 Å². The largest absolute Gasteiger partial charge is 0.494 e. The van der Waals surface area contributed by atoms with E-state index >= 15 is 0 Å². The lowest BCUT2D eigenvalue weighted by Crippen LogP contribution is -2.43. The molecule has 0 saturated heterocycles. The van der Waals surface area contributed by atoms with Crippen LogP contribution in [0.25, 0.3) is 6.08 Å². The number of fused-ring (bicyclic) bond motifs is 1. The van der Waals surface area contributed by atoms with Gasteiger partial charge in [-0.2, -0.15) is 0 Å². The maximum Gasteiger partial charge on any atom is 0.265 e. The molecule has 2 amide bonds. The fraction of sp³-hybridized carbons (Fsp3) is 0.290. The lowest BCUT2D eigenvalue weighted by atomic mass is 10.1. The Morgan fingerprint density at radius 2 is 1.76 bits per heavy atom. The van der Waals surface area contributed by atoms with Gasteiger partial charge in [-0.25, -0.2) is 0 Å². The first-order valence-electron chi connectivity index (χ1n) is 12.9. The summed E-state index contributed by atoms with van der Waals surface area (Å²) in [7, 11) is 0. The third kappa shape index (κ3) is 6.83. The number of hydrogen-bond donors (Lipinski definition) is 1. The van der Waals surface area contributed by atoms with Gasteiger partial charge in [0.1, 0.15) is 12.3 Å². The smallest absolute Gasteiger partial charge is 0.265 e. The number of carbonyl (C=O) groups excluding carboxylic acids is 2. The van der Waals surface area contributed by atoms with Crippen molar-refractivity contribution in [2.45, 2.75) is 51.0 Å². The summed E-state index contributed by atoms with van der Waals surface area (Å²) >= 11 is 1.45. The molecule has 5 nitrogen and oxygen atoms in total. The number of amides is 2. The molecule has 4 rings (SSSR count). The Hall–Kier alpha value is -3.51. The zero-order valence-corrected chi connectivity index (χ0v) is 22.5. The first-order valence-corrected chi connectivity index (χ1v) is 13.7. The van der Waals surface area contributed by atoms with Crippen LogP contribution in [-0.4, -0.2) is 25.0 Å². The molecular formula is C31H34N2O3S. The van der Waals surface area contributed by atoms with E-state index in [-0.39, 0.29) is 24.4 Å². The van der Waals surface area contributed by atoms with Crippen molar-refractivity contribution < 1.29 is 14.3 Å². The van der Waals surface area contributed by atoms with Crippen molar-refractivity contribution in [2.75, 3.05) is 18.1 Å². The third-order valence-corrected chi connectivity index (χ3v) is 7.42. The van der Waals surface area contributed by atoms with Crippen molar-refractivity contribution >= 4 is 35.3 Å². The molecule has 0 bridgehead atoms. The Kier molecular flexibility index (Phi) is 9.07. The fourth-order valence-electron chi connectivity index (χ4n) is 4.12. The molecule has 0 spiro atoms. The number of benzene rings is 3. The Bertz CT molecular complexity index is 1250. The summed E-state index contributed by atoms with van der Waals surface area (Å²) in [6, 6.07) is 23.5. The molecule has 0 fully saturated rings. The Balaban J connectivity index is 1.46. The molecule has 3 aromatic rings. The first-order chi connectivity index (χ1) is 18.0. The van der Waals surface area contributed by atoms with Gasteiger partial charge in [0.15, 0.2) is 0 Å². The van der Waals surface area contributed by atoms with Crippen LogP contribution in [0.2, 0.25) is 0 Å². The van der Waals surface area contributed by atoms with Gasteiger partial charge >= 0.3 is 0 Å². The van der Waals surface area contributed by atoms with Crippen molar-refractivity contribution in [1.29, 1.82) is 0 Å². The summed E-state index contributed by atoms with van der Waals surface area (Å²) in [5, 5.41) is 3.04. The Labute approximate surface area is 223 Å². The number of hydrogen-bond acceptors (Lipinski definition) is 4. The number of anilines is 1. The summed E-state index contributed by atoms with van der Waals surface area (Å²) in [5.74, 6) is 0.449. The third-order valence-electron chi connectivity index (χ3n) is 6.34. The van der Waals surface area contributed by atoms with Crippen molar-refractivity contribution in [3.63, 3.8) is 0 Å². The topological polar surface area (TPSA) is 58.6 Å². The standard InChI is InChI=1S/C31H34N2O3S/c1-4-6-19-36-26-17-15-25(16-18-26)22(3)32-30(34)21-33-27-9-7-8-10-28(27)37-29(31(33)35)20-24-13-11-23(5-2)12-14-24/h7-18,20,22H,4-6,19,21H2,1-3H3,(H,32,34)/b29-20-/t22-/m0/s1. The van der Waals surface area contributed by atoms with Gasteiger partial charge in [-0.1, -0.05) is 80.6 Å². The molecule has 192 valence electrons. The minimum absolute atomic E-state index is 0.0505. The summed E-state index contributed by atoms with van der Waals surface area (Å²) in [6.07, 6.45) is 4.98. The summed E-state index contributed by atoms with van der Waals surface area (Å²) < 4.78 is 5.73. The van der Waals surface area contributed by atoms with Crippen molar-refractivity contribution in [3.05, 3.63) is 94.4 Å². The maximum atomic E-state index is 13.5. The number of thioether (sulfide) groups is 1. The number of unbranched alkanes of at least 4 members (excludes halogenated alkanes) is 1. The highest BCUT2D eigenvalue weighted by molar-refractivity contribution is 8.04. The van der Waals surface area contributed by atoms with Gasteiger partial charge < -0.3 is 10.1 Å².